The highest BCUT2D eigenvalue weighted by Gasteiger charge is 2.05. The topological polar surface area (TPSA) is 40.5 Å². The van der Waals surface area contributed by atoms with Crippen LogP contribution >= 0.6 is 11.6 Å². The molecule has 3 heteroatoms. The molecule has 2 N–H and O–H groups in total. The summed E-state index contributed by atoms with van der Waals surface area (Å²) in [5.41, 5.74) is 1.34. The molecule has 0 aliphatic carbocycles. The Kier molecular flexibility index (Phi) is 2.52. The van der Waals surface area contributed by atoms with Crippen molar-refractivity contribution in [2.45, 2.75) is 0 Å². The lowest BCUT2D eigenvalue weighted by Gasteiger charge is -2.05. The number of phenolic OH excluding ortho intramolecular Hbond substituents is 2. The molecule has 0 bridgehead atoms. The molecule has 0 aromatic heterocycles. The Morgan fingerprint density at radius 2 is 1.73 bits per heavy atom. The van der Waals surface area contributed by atoms with E-state index in [0.29, 0.717) is 10.6 Å². The number of phenols is 2. The molecule has 2 aromatic rings. The first-order valence-corrected chi connectivity index (χ1v) is 4.82. The van der Waals surface area contributed by atoms with Crippen LogP contribution in [-0.4, -0.2) is 10.2 Å². The van der Waals surface area contributed by atoms with E-state index < -0.39 is 0 Å². The Morgan fingerprint density at radius 3 is 2.47 bits per heavy atom. The van der Waals surface area contributed by atoms with Crippen LogP contribution in [0.3, 0.4) is 0 Å². The molecule has 0 amide bonds. The monoisotopic (exact) mass is 220 g/mol. The Morgan fingerprint density at radius 1 is 0.933 bits per heavy atom. The van der Waals surface area contributed by atoms with Crippen LogP contribution < -0.4 is 0 Å². The highest BCUT2D eigenvalue weighted by Crippen LogP contribution is 2.32. The van der Waals surface area contributed by atoms with Gasteiger partial charge in [0.15, 0.2) is 0 Å². The third-order valence-corrected chi connectivity index (χ3v) is 2.35. The van der Waals surface area contributed by atoms with Crippen LogP contribution in [0.15, 0.2) is 42.5 Å². The first-order chi connectivity index (χ1) is 7.16. The average Bonchev–Trinajstić information content (AvgIpc) is 2.22. The van der Waals surface area contributed by atoms with Crippen molar-refractivity contribution in [2.75, 3.05) is 0 Å². The van der Waals surface area contributed by atoms with Crippen molar-refractivity contribution in [1.29, 1.82) is 0 Å². The first-order valence-electron chi connectivity index (χ1n) is 4.45. The summed E-state index contributed by atoms with van der Waals surface area (Å²) < 4.78 is 0. The molecule has 0 aliphatic heterocycles. The van der Waals surface area contributed by atoms with Crippen LogP contribution in [0.5, 0.6) is 11.5 Å². The van der Waals surface area contributed by atoms with Crippen molar-refractivity contribution in [3.8, 4) is 22.6 Å². The fourth-order valence-corrected chi connectivity index (χ4v) is 1.59. The fourth-order valence-electron chi connectivity index (χ4n) is 1.41. The van der Waals surface area contributed by atoms with Crippen molar-refractivity contribution in [1.82, 2.24) is 0 Å². The van der Waals surface area contributed by atoms with Gasteiger partial charge in [-0.2, -0.15) is 0 Å². The van der Waals surface area contributed by atoms with E-state index >= 15 is 0 Å². The van der Waals surface area contributed by atoms with Crippen LogP contribution in [0.1, 0.15) is 0 Å². The fraction of sp³-hybridized carbons (Fsp3) is 0. The summed E-state index contributed by atoms with van der Waals surface area (Å²) in [6.07, 6.45) is 0. The zero-order valence-electron chi connectivity index (χ0n) is 7.81. The molecule has 0 atom stereocenters. The molecule has 76 valence electrons. The lowest BCUT2D eigenvalue weighted by molar-refractivity contribution is 0.474. The van der Waals surface area contributed by atoms with Gasteiger partial charge >= 0.3 is 0 Å². The van der Waals surface area contributed by atoms with Gasteiger partial charge in [-0.25, -0.2) is 0 Å². The summed E-state index contributed by atoms with van der Waals surface area (Å²) in [5, 5.41) is 19.5. The number of benzene rings is 2. The Bertz CT molecular complexity index is 495. The summed E-state index contributed by atoms with van der Waals surface area (Å²) in [4.78, 5) is 0. The first kappa shape index (κ1) is 9.87. The van der Waals surface area contributed by atoms with Crippen molar-refractivity contribution in [3.63, 3.8) is 0 Å². The largest absolute Gasteiger partial charge is 0.508 e. The van der Waals surface area contributed by atoms with Crippen LogP contribution in [0.2, 0.25) is 5.02 Å². The molecule has 2 nitrogen and oxygen atoms in total. The zero-order chi connectivity index (χ0) is 10.8. The molecule has 2 rings (SSSR count). The molecular formula is C12H9ClO2. The Balaban J connectivity index is 2.58. The average molecular weight is 221 g/mol. The predicted molar refractivity (Wildman–Crippen MR) is 60.2 cm³/mol. The van der Waals surface area contributed by atoms with Crippen LogP contribution in [0.25, 0.3) is 11.1 Å². The van der Waals surface area contributed by atoms with Crippen LogP contribution in [0, 0.1) is 0 Å². The van der Waals surface area contributed by atoms with E-state index in [1.807, 2.05) is 0 Å². The van der Waals surface area contributed by atoms with Gasteiger partial charge in [-0.3, -0.25) is 0 Å². The minimum Gasteiger partial charge on any atom is -0.508 e. The van der Waals surface area contributed by atoms with E-state index in [0.717, 1.165) is 5.56 Å². The van der Waals surface area contributed by atoms with Gasteiger partial charge in [0.1, 0.15) is 11.5 Å². The second kappa shape index (κ2) is 3.83. The molecule has 0 radical (unpaired) electrons. The van der Waals surface area contributed by atoms with Gasteiger partial charge in [-0.1, -0.05) is 23.7 Å². The van der Waals surface area contributed by atoms with Gasteiger partial charge in [0, 0.05) is 10.6 Å². The van der Waals surface area contributed by atoms with Crippen molar-refractivity contribution in [2.24, 2.45) is 0 Å². The zero-order valence-corrected chi connectivity index (χ0v) is 8.57. The van der Waals surface area contributed by atoms with E-state index in [2.05, 4.69) is 0 Å². The van der Waals surface area contributed by atoms with Gasteiger partial charge in [0.25, 0.3) is 0 Å². The molecule has 0 spiro atoms. The van der Waals surface area contributed by atoms with Crippen molar-refractivity contribution < 1.29 is 10.2 Å². The standard InChI is InChI=1S/C12H9ClO2/c13-9-4-5-12(15)11(7-9)8-2-1-3-10(14)6-8/h1-7,14-15H. The van der Waals surface area contributed by atoms with Gasteiger partial charge < -0.3 is 10.2 Å². The molecule has 15 heavy (non-hydrogen) atoms. The molecule has 2 aromatic carbocycles. The van der Waals surface area contributed by atoms with Crippen molar-refractivity contribution in [3.05, 3.63) is 47.5 Å². The summed E-state index contributed by atoms with van der Waals surface area (Å²) in [6, 6.07) is 11.5. The predicted octanol–water partition coefficient (Wildman–Crippen LogP) is 3.42. The lowest BCUT2D eigenvalue weighted by Crippen LogP contribution is -1.79. The third kappa shape index (κ3) is 2.05. The molecular weight excluding hydrogens is 212 g/mol. The third-order valence-electron chi connectivity index (χ3n) is 2.12. The van der Waals surface area contributed by atoms with Gasteiger partial charge in [-0.15, -0.1) is 0 Å². The maximum atomic E-state index is 9.64. The van der Waals surface area contributed by atoms with Gasteiger partial charge in [-0.05, 0) is 35.9 Å². The van der Waals surface area contributed by atoms with Crippen LogP contribution in [-0.2, 0) is 0 Å². The second-order valence-corrected chi connectivity index (χ2v) is 3.65. The van der Waals surface area contributed by atoms with Gasteiger partial charge in [0.05, 0.1) is 0 Å². The smallest absolute Gasteiger partial charge is 0.123 e. The quantitative estimate of drug-likeness (QED) is 0.773. The number of aromatic hydroxyl groups is 2. The normalized spacial score (nSPS) is 10.2. The Hall–Kier alpha value is -1.67. The summed E-state index contributed by atoms with van der Waals surface area (Å²) in [5.74, 6) is 0.303. The second-order valence-electron chi connectivity index (χ2n) is 3.21. The van der Waals surface area contributed by atoms with Gasteiger partial charge in [0.2, 0.25) is 0 Å². The molecule has 0 saturated carbocycles. The maximum absolute atomic E-state index is 9.64. The van der Waals surface area contributed by atoms with E-state index in [1.54, 1.807) is 36.4 Å². The molecule has 0 aliphatic rings. The SMILES string of the molecule is Oc1cccc(-c2cc(Cl)ccc2O)c1. The lowest BCUT2D eigenvalue weighted by atomic mass is 10.0. The highest BCUT2D eigenvalue weighted by atomic mass is 35.5. The Labute approximate surface area is 92.4 Å². The van der Waals surface area contributed by atoms with E-state index in [1.165, 1.54) is 6.07 Å². The number of halogens is 1. The summed E-state index contributed by atoms with van der Waals surface area (Å²) in [7, 11) is 0. The molecule has 0 unspecified atom stereocenters. The summed E-state index contributed by atoms with van der Waals surface area (Å²) in [6.45, 7) is 0. The van der Waals surface area contributed by atoms with E-state index in [-0.39, 0.29) is 11.5 Å². The van der Waals surface area contributed by atoms with E-state index in [9.17, 15) is 10.2 Å². The highest BCUT2D eigenvalue weighted by molar-refractivity contribution is 6.31. The molecule has 0 fully saturated rings. The minimum absolute atomic E-state index is 0.144. The number of hydrogen-bond donors (Lipinski definition) is 2. The summed E-state index contributed by atoms with van der Waals surface area (Å²) >= 11 is 5.83. The maximum Gasteiger partial charge on any atom is 0.123 e. The van der Waals surface area contributed by atoms with Crippen LogP contribution in [0.4, 0.5) is 0 Å². The van der Waals surface area contributed by atoms with E-state index in [4.69, 9.17) is 11.6 Å². The molecule has 0 heterocycles. The van der Waals surface area contributed by atoms with Crippen molar-refractivity contribution >= 4 is 11.6 Å². The number of hydrogen-bond acceptors (Lipinski definition) is 2. The molecule has 0 saturated heterocycles. The number of rotatable bonds is 1. The minimum atomic E-state index is 0.144.